The fourth-order valence-electron chi connectivity index (χ4n) is 2.28. The van der Waals surface area contributed by atoms with Crippen LogP contribution in [-0.2, 0) is 9.53 Å². The van der Waals surface area contributed by atoms with Crippen LogP contribution in [0, 0.1) is 17.8 Å². The van der Waals surface area contributed by atoms with Gasteiger partial charge in [0.05, 0.1) is 12.5 Å². The van der Waals surface area contributed by atoms with E-state index in [2.05, 4.69) is 17.6 Å². The molecule has 1 amide bonds. The van der Waals surface area contributed by atoms with E-state index in [4.69, 9.17) is 4.74 Å². The topological polar surface area (TPSA) is 50.4 Å². The summed E-state index contributed by atoms with van der Waals surface area (Å²) >= 11 is 0. The van der Waals surface area contributed by atoms with Crippen LogP contribution in [-0.4, -0.2) is 38.8 Å². The number of carbonyl (C=O) groups is 1. The molecular formula is C11H20N2O2. The Bertz CT molecular complexity index is 227. The van der Waals surface area contributed by atoms with Gasteiger partial charge in [0, 0.05) is 25.6 Å². The standard InChI is InChI=1S/C11H20N2O2/c1-8-4-12-6-10(8)11(14)13-5-9-2-3-15-7-9/h8-10,12H,2-7H2,1H3,(H,13,14). The lowest BCUT2D eigenvalue weighted by atomic mass is 9.97. The number of nitrogens with one attached hydrogen (secondary N) is 2. The molecule has 3 unspecified atom stereocenters. The molecule has 0 aromatic heterocycles. The van der Waals surface area contributed by atoms with Gasteiger partial charge in [0.15, 0.2) is 0 Å². The molecule has 0 saturated carbocycles. The predicted molar refractivity (Wildman–Crippen MR) is 57.5 cm³/mol. The first-order valence-electron chi connectivity index (χ1n) is 5.83. The number of hydrogen-bond donors (Lipinski definition) is 2. The molecular weight excluding hydrogens is 192 g/mol. The first-order valence-corrected chi connectivity index (χ1v) is 5.83. The van der Waals surface area contributed by atoms with E-state index >= 15 is 0 Å². The second kappa shape index (κ2) is 4.94. The zero-order valence-electron chi connectivity index (χ0n) is 9.29. The van der Waals surface area contributed by atoms with E-state index in [-0.39, 0.29) is 11.8 Å². The van der Waals surface area contributed by atoms with Crippen molar-refractivity contribution >= 4 is 5.91 Å². The Hall–Kier alpha value is -0.610. The monoisotopic (exact) mass is 212 g/mol. The molecule has 2 aliphatic rings. The van der Waals surface area contributed by atoms with E-state index in [0.717, 1.165) is 39.3 Å². The van der Waals surface area contributed by atoms with Crippen LogP contribution in [0.1, 0.15) is 13.3 Å². The number of hydrogen-bond acceptors (Lipinski definition) is 3. The van der Waals surface area contributed by atoms with E-state index < -0.39 is 0 Å². The molecule has 86 valence electrons. The average Bonchev–Trinajstić information content (AvgIpc) is 2.84. The Balaban J connectivity index is 1.71. The second-order valence-electron chi connectivity index (χ2n) is 4.72. The Morgan fingerprint density at radius 3 is 3.00 bits per heavy atom. The SMILES string of the molecule is CC1CNCC1C(=O)NCC1CCOC1. The highest BCUT2D eigenvalue weighted by atomic mass is 16.5. The number of amides is 1. The Morgan fingerprint density at radius 1 is 1.53 bits per heavy atom. The summed E-state index contributed by atoms with van der Waals surface area (Å²) in [6.45, 7) is 6.35. The molecule has 0 aromatic rings. The van der Waals surface area contributed by atoms with Crippen LogP contribution in [0.3, 0.4) is 0 Å². The van der Waals surface area contributed by atoms with Gasteiger partial charge in [-0.25, -0.2) is 0 Å². The highest BCUT2D eigenvalue weighted by Crippen LogP contribution is 2.16. The Morgan fingerprint density at radius 2 is 2.40 bits per heavy atom. The summed E-state index contributed by atoms with van der Waals surface area (Å²) in [5.74, 6) is 1.36. The molecule has 3 atom stereocenters. The number of carbonyl (C=O) groups excluding carboxylic acids is 1. The zero-order chi connectivity index (χ0) is 10.7. The summed E-state index contributed by atoms with van der Waals surface area (Å²) in [6, 6.07) is 0. The summed E-state index contributed by atoms with van der Waals surface area (Å²) in [4.78, 5) is 11.8. The molecule has 0 spiro atoms. The summed E-state index contributed by atoms with van der Waals surface area (Å²) in [7, 11) is 0. The first kappa shape index (κ1) is 10.9. The van der Waals surface area contributed by atoms with E-state index in [1.54, 1.807) is 0 Å². The molecule has 2 heterocycles. The molecule has 2 saturated heterocycles. The minimum Gasteiger partial charge on any atom is -0.381 e. The van der Waals surface area contributed by atoms with Gasteiger partial charge in [-0.3, -0.25) is 4.79 Å². The summed E-state index contributed by atoms with van der Waals surface area (Å²) in [6.07, 6.45) is 1.08. The van der Waals surface area contributed by atoms with Gasteiger partial charge in [0.2, 0.25) is 5.91 Å². The van der Waals surface area contributed by atoms with Gasteiger partial charge in [-0.05, 0) is 18.9 Å². The van der Waals surface area contributed by atoms with Gasteiger partial charge < -0.3 is 15.4 Å². The third kappa shape index (κ3) is 2.69. The van der Waals surface area contributed by atoms with Crippen molar-refractivity contribution < 1.29 is 9.53 Å². The predicted octanol–water partition coefficient (Wildman–Crippen LogP) is -0.00540. The van der Waals surface area contributed by atoms with Crippen molar-refractivity contribution in [2.75, 3.05) is 32.8 Å². The van der Waals surface area contributed by atoms with Crippen molar-refractivity contribution in [3.8, 4) is 0 Å². The molecule has 0 aliphatic carbocycles. The molecule has 15 heavy (non-hydrogen) atoms. The van der Waals surface area contributed by atoms with Crippen LogP contribution in [0.15, 0.2) is 0 Å². The van der Waals surface area contributed by atoms with Crippen molar-refractivity contribution in [3.63, 3.8) is 0 Å². The van der Waals surface area contributed by atoms with Gasteiger partial charge in [0.1, 0.15) is 0 Å². The maximum atomic E-state index is 11.8. The lowest BCUT2D eigenvalue weighted by molar-refractivity contribution is -0.125. The van der Waals surface area contributed by atoms with E-state index in [1.807, 2.05) is 0 Å². The Labute approximate surface area is 90.8 Å². The van der Waals surface area contributed by atoms with Crippen molar-refractivity contribution in [2.45, 2.75) is 13.3 Å². The first-order chi connectivity index (χ1) is 7.27. The minimum absolute atomic E-state index is 0.160. The maximum Gasteiger partial charge on any atom is 0.224 e. The molecule has 4 nitrogen and oxygen atoms in total. The van der Waals surface area contributed by atoms with Gasteiger partial charge in [-0.2, -0.15) is 0 Å². The highest BCUT2D eigenvalue weighted by molar-refractivity contribution is 5.79. The molecule has 0 aromatic carbocycles. The van der Waals surface area contributed by atoms with E-state index in [9.17, 15) is 4.79 Å². The van der Waals surface area contributed by atoms with Crippen molar-refractivity contribution in [2.24, 2.45) is 17.8 Å². The van der Waals surface area contributed by atoms with E-state index in [1.165, 1.54) is 0 Å². The third-order valence-corrected chi connectivity index (χ3v) is 3.44. The lowest BCUT2D eigenvalue weighted by Gasteiger charge is -2.15. The third-order valence-electron chi connectivity index (χ3n) is 3.44. The van der Waals surface area contributed by atoms with Gasteiger partial charge in [-0.1, -0.05) is 6.92 Å². The van der Waals surface area contributed by atoms with Crippen LogP contribution < -0.4 is 10.6 Å². The molecule has 2 aliphatic heterocycles. The van der Waals surface area contributed by atoms with E-state index in [0.29, 0.717) is 11.8 Å². The average molecular weight is 212 g/mol. The number of rotatable bonds is 3. The summed E-state index contributed by atoms with van der Waals surface area (Å²) in [5.41, 5.74) is 0. The van der Waals surface area contributed by atoms with Crippen LogP contribution >= 0.6 is 0 Å². The van der Waals surface area contributed by atoms with Gasteiger partial charge >= 0.3 is 0 Å². The van der Waals surface area contributed by atoms with Crippen molar-refractivity contribution in [3.05, 3.63) is 0 Å². The fraction of sp³-hybridized carbons (Fsp3) is 0.909. The minimum atomic E-state index is 0.160. The van der Waals surface area contributed by atoms with Crippen LogP contribution in [0.2, 0.25) is 0 Å². The molecule has 2 fully saturated rings. The molecule has 2 N–H and O–H groups in total. The molecule has 2 rings (SSSR count). The van der Waals surface area contributed by atoms with Crippen LogP contribution in [0.4, 0.5) is 0 Å². The Kier molecular flexibility index (Phi) is 3.59. The molecule has 4 heteroatoms. The van der Waals surface area contributed by atoms with Gasteiger partial charge in [0.25, 0.3) is 0 Å². The van der Waals surface area contributed by atoms with Crippen molar-refractivity contribution in [1.82, 2.24) is 10.6 Å². The zero-order valence-corrected chi connectivity index (χ0v) is 9.29. The van der Waals surface area contributed by atoms with Crippen LogP contribution in [0.25, 0.3) is 0 Å². The quantitative estimate of drug-likeness (QED) is 0.692. The van der Waals surface area contributed by atoms with Crippen LogP contribution in [0.5, 0.6) is 0 Å². The summed E-state index contributed by atoms with van der Waals surface area (Å²) < 4.78 is 5.27. The smallest absolute Gasteiger partial charge is 0.224 e. The fourth-order valence-corrected chi connectivity index (χ4v) is 2.28. The second-order valence-corrected chi connectivity index (χ2v) is 4.72. The maximum absolute atomic E-state index is 11.8. The van der Waals surface area contributed by atoms with Gasteiger partial charge in [-0.15, -0.1) is 0 Å². The summed E-state index contributed by atoms with van der Waals surface area (Å²) in [5, 5.41) is 6.28. The van der Waals surface area contributed by atoms with Crippen molar-refractivity contribution in [1.29, 1.82) is 0 Å². The highest BCUT2D eigenvalue weighted by Gasteiger charge is 2.29. The largest absolute Gasteiger partial charge is 0.381 e. The normalized spacial score (nSPS) is 35.7. The molecule has 0 radical (unpaired) electrons. The number of ether oxygens (including phenoxy) is 1. The lowest BCUT2D eigenvalue weighted by Crippen LogP contribution is -2.37. The molecule has 0 bridgehead atoms.